The minimum absolute atomic E-state index is 0.0619. The van der Waals surface area contributed by atoms with Gasteiger partial charge < -0.3 is 24.2 Å². The highest BCUT2D eigenvalue weighted by molar-refractivity contribution is 8.39. The van der Waals surface area contributed by atoms with Crippen LogP contribution in [0.4, 0.5) is 0 Å². The van der Waals surface area contributed by atoms with Crippen LogP contribution < -0.4 is 9.47 Å². The number of carbonyl (C=O) groups excluding carboxylic acids is 2. The van der Waals surface area contributed by atoms with Crippen LogP contribution >= 0.6 is 17.6 Å². The molecule has 1 heterocycles. The van der Waals surface area contributed by atoms with Crippen molar-refractivity contribution in [3.8, 4) is 11.5 Å². The molecule has 0 aromatic heterocycles. The van der Waals surface area contributed by atoms with Crippen molar-refractivity contribution >= 4 is 35.6 Å². The van der Waals surface area contributed by atoms with Crippen molar-refractivity contribution in [3.05, 3.63) is 39.8 Å². The van der Waals surface area contributed by atoms with Gasteiger partial charge in [0.1, 0.15) is 0 Å². The Bertz CT molecular complexity index is 963. The van der Waals surface area contributed by atoms with Crippen molar-refractivity contribution in [1.29, 1.82) is 0 Å². The number of benzene rings is 1. The van der Waals surface area contributed by atoms with Crippen LogP contribution in [0.5, 0.6) is 11.5 Å². The van der Waals surface area contributed by atoms with Gasteiger partial charge in [-0.25, -0.2) is 0 Å². The fourth-order valence-corrected chi connectivity index (χ4v) is 6.63. The number of rotatable bonds is 8. The highest BCUT2D eigenvalue weighted by atomic mass is 32.3. The Labute approximate surface area is 184 Å². The van der Waals surface area contributed by atoms with Crippen LogP contribution in [0.2, 0.25) is 0 Å². The van der Waals surface area contributed by atoms with Gasteiger partial charge in [-0.1, -0.05) is 13.8 Å². The number of methoxy groups -OCH3 is 1. The summed E-state index contributed by atoms with van der Waals surface area (Å²) in [5.74, 6) is 1.54. The summed E-state index contributed by atoms with van der Waals surface area (Å²) in [6, 6.07) is 3.52. The van der Waals surface area contributed by atoms with E-state index >= 15 is 0 Å². The number of amides is 1. The predicted molar refractivity (Wildman–Crippen MR) is 123 cm³/mol. The van der Waals surface area contributed by atoms with Crippen LogP contribution in [-0.2, 0) is 14.2 Å². The second-order valence-electron chi connectivity index (χ2n) is 7.16. The van der Waals surface area contributed by atoms with Crippen LogP contribution in [0, 0.1) is 6.92 Å². The van der Waals surface area contributed by atoms with Crippen molar-refractivity contribution in [1.82, 2.24) is 4.90 Å². The molecule has 1 aromatic rings. The van der Waals surface area contributed by atoms with Crippen molar-refractivity contribution in [3.63, 3.8) is 0 Å². The van der Waals surface area contributed by atoms with Crippen molar-refractivity contribution < 1.29 is 33.4 Å². The third kappa shape index (κ3) is 6.01. The summed E-state index contributed by atoms with van der Waals surface area (Å²) in [6.07, 6.45) is 3.07. The Morgan fingerprint density at radius 3 is 2.42 bits per heavy atom. The molecular formula is C21H30NO7PS. The molecule has 172 valence electrons. The zero-order valence-electron chi connectivity index (χ0n) is 18.5. The quantitative estimate of drug-likeness (QED) is 0.258. The summed E-state index contributed by atoms with van der Waals surface area (Å²) in [5.41, 5.74) is 1.41. The molecule has 0 fully saturated rings. The van der Waals surface area contributed by atoms with Crippen LogP contribution in [0.15, 0.2) is 28.6 Å². The second-order valence-corrected chi connectivity index (χ2v) is 12.7. The van der Waals surface area contributed by atoms with Gasteiger partial charge >= 0.3 is 13.6 Å². The number of carbonyl (C=O) groups is 2. The number of nitrogens with zero attached hydrogens (tertiary/aromatic N) is 1. The minimum Gasteiger partial charge on any atom is -0.493 e. The SMILES string of the molecule is CCS1(CC)C=CN(CCP(=O)(O)O)C(=O)/C1=C\c1cc(C)c(OC(C)=O)c(OC)c1. The van der Waals surface area contributed by atoms with Crippen molar-refractivity contribution in [2.45, 2.75) is 27.7 Å². The summed E-state index contributed by atoms with van der Waals surface area (Å²) < 4.78 is 21.9. The summed E-state index contributed by atoms with van der Waals surface area (Å²) in [7, 11) is -4.29. The molecule has 0 aliphatic carbocycles. The molecular weight excluding hydrogens is 441 g/mol. The number of hydrogen-bond acceptors (Lipinski definition) is 5. The van der Waals surface area contributed by atoms with E-state index in [0.29, 0.717) is 22.0 Å². The smallest absolute Gasteiger partial charge is 0.327 e. The van der Waals surface area contributed by atoms with E-state index in [2.05, 4.69) is 0 Å². The summed E-state index contributed by atoms with van der Waals surface area (Å²) in [5, 5.41) is 2.01. The van der Waals surface area contributed by atoms with E-state index in [1.165, 1.54) is 18.9 Å². The van der Waals surface area contributed by atoms with Crippen LogP contribution in [0.3, 0.4) is 0 Å². The Balaban J connectivity index is 2.54. The standard InChI is InChI=1S/C21H30NO7PS/c1-6-31(7-2)11-9-22(8-10-30(25,26)27)21(24)19(31)14-17-12-15(3)20(29-16(4)23)18(13-17)28-5/h9,11-14H,6-8,10H2,1-5H3,(H2,25,26,27)/b19-14+. The Morgan fingerprint density at radius 2 is 1.90 bits per heavy atom. The number of aryl methyl sites for hydroxylation is 1. The van der Waals surface area contributed by atoms with Gasteiger partial charge in [-0.3, -0.25) is 14.2 Å². The number of ether oxygens (including phenoxy) is 2. The molecule has 1 aliphatic rings. The van der Waals surface area contributed by atoms with E-state index < -0.39 is 29.8 Å². The molecule has 0 spiro atoms. The number of esters is 1. The van der Waals surface area contributed by atoms with Gasteiger partial charge in [-0.15, -0.1) is 0 Å². The van der Waals surface area contributed by atoms with E-state index in [1.807, 2.05) is 31.4 Å². The van der Waals surface area contributed by atoms with Crippen LogP contribution in [-0.4, -0.2) is 57.9 Å². The minimum atomic E-state index is -4.22. The van der Waals surface area contributed by atoms with Gasteiger partial charge in [0.25, 0.3) is 5.91 Å². The zero-order chi connectivity index (χ0) is 23.4. The predicted octanol–water partition coefficient (Wildman–Crippen LogP) is 3.61. The lowest BCUT2D eigenvalue weighted by atomic mass is 10.1. The molecule has 0 saturated heterocycles. The van der Waals surface area contributed by atoms with Gasteiger partial charge in [-0.2, -0.15) is 10.0 Å². The molecule has 0 unspecified atom stereocenters. The molecule has 10 heteroatoms. The molecule has 0 bridgehead atoms. The summed E-state index contributed by atoms with van der Waals surface area (Å²) >= 11 is 0. The topological polar surface area (TPSA) is 113 Å². The first-order valence-electron chi connectivity index (χ1n) is 9.87. The van der Waals surface area contributed by atoms with Crippen molar-refractivity contribution in [2.24, 2.45) is 0 Å². The third-order valence-corrected chi connectivity index (χ3v) is 9.75. The lowest BCUT2D eigenvalue weighted by Crippen LogP contribution is -2.35. The summed E-state index contributed by atoms with van der Waals surface area (Å²) in [6.45, 7) is 7.11. The Hall–Kier alpha value is -2.06. The molecule has 2 rings (SSSR count). The van der Waals surface area contributed by atoms with E-state index in [9.17, 15) is 23.9 Å². The Kier molecular flexibility index (Phi) is 8.16. The molecule has 2 N–H and O–H groups in total. The molecule has 8 nitrogen and oxygen atoms in total. The fraction of sp³-hybridized carbons (Fsp3) is 0.429. The van der Waals surface area contributed by atoms with Crippen LogP contribution in [0.1, 0.15) is 31.9 Å². The average molecular weight is 472 g/mol. The van der Waals surface area contributed by atoms with Crippen molar-refractivity contribution in [2.75, 3.05) is 31.3 Å². The molecule has 1 amide bonds. The first kappa shape index (κ1) is 25.2. The fourth-order valence-electron chi connectivity index (χ4n) is 3.38. The maximum Gasteiger partial charge on any atom is 0.327 e. The molecule has 1 aliphatic heterocycles. The third-order valence-electron chi connectivity index (χ3n) is 5.10. The van der Waals surface area contributed by atoms with E-state index in [1.54, 1.807) is 19.2 Å². The first-order chi connectivity index (χ1) is 14.5. The Morgan fingerprint density at radius 1 is 1.26 bits per heavy atom. The maximum absolute atomic E-state index is 13.3. The van der Waals surface area contributed by atoms with E-state index in [4.69, 9.17) is 9.47 Å². The molecule has 1 aromatic carbocycles. The second kappa shape index (κ2) is 10.0. The van der Waals surface area contributed by atoms with Gasteiger partial charge in [0, 0.05) is 19.7 Å². The lowest BCUT2D eigenvalue weighted by Gasteiger charge is -2.42. The molecule has 0 saturated carbocycles. The lowest BCUT2D eigenvalue weighted by molar-refractivity contribution is -0.132. The average Bonchev–Trinajstić information content (AvgIpc) is 2.69. The van der Waals surface area contributed by atoms with Gasteiger partial charge in [0.2, 0.25) is 0 Å². The van der Waals surface area contributed by atoms with E-state index in [0.717, 1.165) is 17.1 Å². The first-order valence-corrected chi connectivity index (χ1v) is 13.7. The largest absolute Gasteiger partial charge is 0.493 e. The zero-order valence-corrected chi connectivity index (χ0v) is 20.2. The van der Waals surface area contributed by atoms with Gasteiger partial charge in [0.05, 0.1) is 18.2 Å². The molecule has 0 radical (unpaired) electrons. The monoisotopic (exact) mass is 471 g/mol. The van der Waals surface area contributed by atoms with Crippen LogP contribution in [0.25, 0.3) is 6.08 Å². The summed E-state index contributed by atoms with van der Waals surface area (Å²) in [4.78, 5) is 45.1. The highest BCUT2D eigenvalue weighted by Crippen LogP contribution is 2.59. The number of hydrogen-bond donors (Lipinski definition) is 2. The van der Waals surface area contributed by atoms with E-state index in [-0.39, 0.29) is 12.5 Å². The van der Waals surface area contributed by atoms with Gasteiger partial charge in [-0.05, 0) is 53.2 Å². The maximum atomic E-state index is 13.3. The van der Waals surface area contributed by atoms with Gasteiger partial charge in [0.15, 0.2) is 11.5 Å². The normalized spacial score (nSPS) is 18.2. The molecule has 0 atom stereocenters. The highest BCUT2D eigenvalue weighted by Gasteiger charge is 2.34. The molecule has 31 heavy (non-hydrogen) atoms.